The molecule has 0 spiro atoms. The van der Waals surface area contributed by atoms with Crippen LogP contribution in [0.3, 0.4) is 0 Å². The Balaban J connectivity index is 2.44. The number of rotatable bonds is 5. The number of pyridine rings is 1. The Bertz CT molecular complexity index is 1010. The van der Waals surface area contributed by atoms with Crippen LogP contribution in [-0.4, -0.2) is 33.6 Å². The Morgan fingerprint density at radius 3 is 2.19 bits per heavy atom. The number of hydrogen-bond donors (Lipinski definition) is 1. The number of benzene rings is 2. The van der Waals surface area contributed by atoms with E-state index >= 15 is 0 Å². The summed E-state index contributed by atoms with van der Waals surface area (Å²) in [5, 5.41) is 10.8. The number of hydrogen-bond acceptors (Lipinski definition) is 3. The Morgan fingerprint density at radius 2 is 1.62 bits per heavy atom. The largest absolute Gasteiger partial charge is 0.478 e. The van der Waals surface area contributed by atoms with Crippen molar-refractivity contribution in [3.63, 3.8) is 0 Å². The topological polar surface area (TPSA) is 62.5 Å². The van der Waals surface area contributed by atoms with Crippen LogP contribution < -0.4 is 5.56 Å². The second kappa shape index (κ2) is 7.14. The molecule has 26 heavy (non-hydrogen) atoms. The molecule has 0 radical (unpaired) electrons. The molecule has 0 fully saturated rings. The quantitative estimate of drug-likeness (QED) is 0.765. The van der Waals surface area contributed by atoms with Crippen LogP contribution >= 0.6 is 0 Å². The molecule has 134 valence electrons. The highest BCUT2D eigenvalue weighted by atomic mass is 16.4. The first kappa shape index (κ1) is 17.9. The van der Waals surface area contributed by atoms with Gasteiger partial charge < -0.3 is 5.11 Å². The van der Waals surface area contributed by atoms with Crippen LogP contribution in [0.4, 0.5) is 0 Å². The molecule has 3 rings (SSSR count). The van der Waals surface area contributed by atoms with Crippen molar-refractivity contribution in [1.82, 2.24) is 9.47 Å². The van der Waals surface area contributed by atoms with E-state index in [9.17, 15) is 14.7 Å². The number of fused-ring (bicyclic) bond motifs is 1. The van der Waals surface area contributed by atoms with Gasteiger partial charge in [-0.05, 0) is 39.1 Å². The number of aromatic nitrogens is 1. The minimum atomic E-state index is -1.03. The van der Waals surface area contributed by atoms with Gasteiger partial charge in [0.15, 0.2) is 0 Å². The van der Waals surface area contributed by atoms with Gasteiger partial charge in [-0.25, -0.2) is 4.79 Å². The van der Waals surface area contributed by atoms with Crippen LogP contribution in [0.25, 0.3) is 16.5 Å². The third kappa shape index (κ3) is 3.13. The third-order valence-electron chi connectivity index (χ3n) is 4.70. The lowest BCUT2D eigenvalue weighted by atomic mass is 10.0. The number of carbonyl (C=O) groups is 1. The van der Waals surface area contributed by atoms with Gasteiger partial charge in [0, 0.05) is 29.0 Å². The van der Waals surface area contributed by atoms with E-state index in [4.69, 9.17) is 0 Å². The molecule has 5 heteroatoms. The molecule has 5 nitrogen and oxygen atoms in total. The maximum atomic E-state index is 13.2. The number of para-hydroxylation sites is 1. The second-order valence-electron chi connectivity index (χ2n) is 6.66. The summed E-state index contributed by atoms with van der Waals surface area (Å²) in [6.45, 7) is 4.42. The maximum absolute atomic E-state index is 13.2. The first-order chi connectivity index (χ1) is 12.4. The first-order valence-corrected chi connectivity index (χ1v) is 8.57. The zero-order valence-electron chi connectivity index (χ0n) is 15.1. The predicted molar refractivity (Wildman–Crippen MR) is 103 cm³/mol. The van der Waals surface area contributed by atoms with Crippen molar-refractivity contribution in [3.8, 4) is 5.69 Å². The van der Waals surface area contributed by atoms with E-state index in [1.54, 1.807) is 24.3 Å². The van der Waals surface area contributed by atoms with Gasteiger partial charge in [0.1, 0.15) is 0 Å². The zero-order chi connectivity index (χ0) is 18.8. The van der Waals surface area contributed by atoms with Crippen molar-refractivity contribution in [2.24, 2.45) is 0 Å². The summed E-state index contributed by atoms with van der Waals surface area (Å²) in [6, 6.07) is 16.3. The summed E-state index contributed by atoms with van der Waals surface area (Å²) in [7, 11) is 1.92. The summed E-state index contributed by atoms with van der Waals surface area (Å²) in [6.07, 6.45) is 0. The lowest BCUT2D eigenvalue weighted by Gasteiger charge is -2.25. The third-order valence-corrected chi connectivity index (χ3v) is 4.70. The van der Waals surface area contributed by atoms with Crippen molar-refractivity contribution >= 4 is 16.7 Å². The smallest absolute Gasteiger partial charge is 0.338 e. The molecule has 1 aromatic heterocycles. The highest BCUT2D eigenvalue weighted by Gasteiger charge is 2.23. The van der Waals surface area contributed by atoms with E-state index < -0.39 is 5.97 Å². The molecule has 0 aliphatic rings. The second-order valence-corrected chi connectivity index (χ2v) is 6.66. The van der Waals surface area contributed by atoms with Gasteiger partial charge in [-0.15, -0.1) is 0 Å². The summed E-state index contributed by atoms with van der Waals surface area (Å²) >= 11 is 0. The number of aromatic carboxylic acids is 1. The molecule has 3 aromatic rings. The van der Waals surface area contributed by atoms with Crippen LogP contribution in [0.15, 0.2) is 59.4 Å². The fourth-order valence-electron chi connectivity index (χ4n) is 3.06. The molecule has 0 aliphatic carbocycles. The van der Waals surface area contributed by atoms with Crippen LogP contribution in [0.5, 0.6) is 0 Å². The van der Waals surface area contributed by atoms with Crippen molar-refractivity contribution in [1.29, 1.82) is 0 Å². The molecular weight excluding hydrogens is 328 g/mol. The molecular formula is C21H22N2O3. The normalized spacial score (nSPS) is 11.4. The summed E-state index contributed by atoms with van der Waals surface area (Å²) in [5.74, 6) is -1.03. The molecule has 1 N–H and O–H groups in total. The van der Waals surface area contributed by atoms with Crippen LogP contribution in [0.2, 0.25) is 0 Å². The van der Waals surface area contributed by atoms with E-state index in [0.29, 0.717) is 28.7 Å². The van der Waals surface area contributed by atoms with E-state index in [1.807, 2.05) is 56.1 Å². The number of carboxylic acids is 1. The summed E-state index contributed by atoms with van der Waals surface area (Å²) in [4.78, 5) is 27.4. The minimum absolute atomic E-state index is 0.177. The first-order valence-electron chi connectivity index (χ1n) is 8.57. The molecule has 0 saturated carbocycles. The van der Waals surface area contributed by atoms with Gasteiger partial charge in [-0.1, -0.05) is 36.4 Å². The zero-order valence-corrected chi connectivity index (χ0v) is 15.1. The fourth-order valence-corrected chi connectivity index (χ4v) is 3.06. The van der Waals surface area contributed by atoms with Crippen molar-refractivity contribution in [2.45, 2.75) is 26.4 Å². The monoisotopic (exact) mass is 350 g/mol. The van der Waals surface area contributed by atoms with Gasteiger partial charge in [-0.2, -0.15) is 0 Å². The molecule has 0 aliphatic heterocycles. The van der Waals surface area contributed by atoms with E-state index in [2.05, 4.69) is 0 Å². The van der Waals surface area contributed by atoms with Gasteiger partial charge in [-0.3, -0.25) is 14.3 Å². The van der Waals surface area contributed by atoms with Crippen LogP contribution in [-0.2, 0) is 6.54 Å². The average Bonchev–Trinajstić information content (AvgIpc) is 2.62. The Morgan fingerprint density at radius 1 is 1.04 bits per heavy atom. The molecule has 0 amide bonds. The van der Waals surface area contributed by atoms with Crippen LogP contribution in [0.1, 0.15) is 29.9 Å². The van der Waals surface area contributed by atoms with Gasteiger partial charge in [0.25, 0.3) is 5.56 Å². The standard InChI is InChI=1S/C21H22N2O3/c1-14(2)22(3)13-18-19(21(25)26)16-11-7-8-12-17(16)20(24)23(18)15-9-5-4-6-10-15/h4-12,14H,13H2,1-3H3,(H,25,26). The molecule has 0 atom stereocenters. The number of carboxylic acid groups (broad SMARTS) is 1. The fraction of sp³-hybridized carbons (Fsp3) is 0.238. The predicted octanol–water partition coefficient (Wildman–Crippen LogP) is 3.53. The molecule has 1 heterocycles. The minimum Gasteiger partial charge on any atom is -0.478 e. The average molecular weight is 350 g/mol. The van der Waals surface area contributed by atoms with Gasteiger partial charge >= 0.3 is 5.97 Å². The van der Waals surface area contributed by atoms with E-state index in [-0.39, 0.29) is 17.2 Å². The molecule has 0 bridgehead atoms. The Hall–Kier alpha value is -2.92. The Kier molecular flexibility index (Phi) is 4.91. The molecule has 0 unspecified atom stereocenters. The van der Waals surface area contributed by atoms with Gasteiger partial charge in [0.05, 0.1) is 11.3 Å². The number of nitrogens with zero attached hydrogens (tertiary/aromatic N) is 2. The Labute approximate surface area is 152 Å². The van der Waals surface area contributed by atoms with E-state index in [1.165, 1.54) is 4.57 Å². The van der Waals surface area contributed by atoms with Crippen molar-refractivity contribution in [2.75, 3.05) is 7.05 Å². The van der Waals surface area contributed by atoms with Crippen LogP contribution in [0, 0.1) is 0 Å². The summed E-state index contributed by atoms with van der Waals surface area (Å²) in [5.41, 5.74) is 1.13. The van der Waals surface area contributed by atoms with Gasteiger partial charge in [0.2, 0.25) is 0 Å². The lowest BCUT2D eigenvalue weighted by Crippen LogP contribution is -2.32. The molecule has 0 saturated heterocycles. The molecule has 2 aromatic carbocycles. The highest BCUT2D eigenvalue weighted by Crippen LogP contribution is 2.24. The highest BCUT2D eigenvalue weighted by molar-refractivity contribution is 6.04. The van der Waals surface area contributed by atoms with E-state index in [0.717, 1.165) is 0 Å². The lowest BCUT2D eigenvalue weighted by molar-refractivity contribution is 0.0695. The van der Waals surface area contributed by atoms with Crippen molar-refractivity contribution in [3.05, 3.63) is 76.2 Å². The van der Waals surface area contributed by atoms with Crippen molar-refractivity contribution < 1.29 is 9.90 Å². The maximum Gasteiger partial charge on any atom is 0.338 e. The SMILES string of the molecule is CC(C)N(C)Cc1c(C(=O)O)c2ccccc2c(=O)n1-c1ccccc1. The summed E-state index contributed by atoms with van der Waals surface area (Å²) < 4.78 is 1.53.